The lowest BCUT2D eigenvalue weighted by Crippen LogP contribution is -2.19. The molecule has 128 valence electrons. The second-order valence-corrected chi connectivity index (χ2v) is 6.49. The number of rotatable bonds is 3. The van der Waals surface area contributed by atoms with E-state index in [9.17, 15) is 4.79 Å². The highest BCUT2D eigenvalue weighted by Gasteiger charge is 2.16. The molecule has 0 aromatic carbocycles. The van der Waals surface area contributed by atoms with Gasteiger partial charge >= 0.3 is 6.03 Å². The van der Waals surface area contributed by atoms with E-state index in [2.05, 4.69) is 25.6 Å². The van der Waals surface area contributed by atoms with Gasteiger partial charge in [-0.3, -0.25) is 4.98 Å². The maximum atomic E-state index is 12.2. The summed E-state index contributed by atoms with van der Waals surface area (Å²) in [5.41, 5.74) is 3.27. The molecule has 3 aromatic rings. The molecule has 2 amide bonds. The summed E-state index contributed by atoms with van der Waals surface area (Å²) in [4.78, 5) is 24.0. The number of hydrogen-bond donors (Lipinski definition) is 3. The standard InChI is InChI=1S/C19H21N5O/c25-19(24-17-12-22-18-15(17)7-4-10-20-18)23-14-8-9-16(21-11-14)13-5-2-1-3-6-13/h4,7-13H,1-3,5-6H2,(H,20,22)(H2,23,24,25). The minimum atomic E-state index is -0.294. The van der Waals surface area contributed by atoms with Gasteiger partial charge in [0.25, 0.3) is 0 Å². The van der Waals surface area contributed by atoms with E-state index < -0.39 is 0 Å². The van der Waals surface area contributed by atoms with E-state index in [1.54, 1.807) is 18.6 Å². The molecule has 1 fully saturated rings. The first kappa shape index (κ1) is 15.6. The summed E-state index contributed by atoms with van der Waals surface area (Å²) in [6.45, 7) is 0. The van der Waals surface area contributed by atoms with Gasteiger partial charge in [-0.05, 0) is 37.1 Å². The summed E-state index contributed by atoms with van der Waals surface area (Å²) in [6.07, 6.45) is 11.5. The van der Waals surface area contributed by atoms with Crippen LogP contribution in [0.25, 0.3) is 11.0 Å². The number of anilines is 2. The Morgan fingerprint density at radius 1 is 1.08 bits per heavy atom. The van der Waals surface area contributed by atoms with Crippen LogP contribution in [0.4, 0.5) is 16.2 Å². The van der Waals surface area contributed by atoms with E-state index in [-0.39, 0.29) is 6.03 Å². The highest BCUT2D eigenvalue weighted by Crippen LogP contribution is 2.31. The van der Waals surface area contributed by atoms with Crippen molar-refractivity contribution in [1.82, 2.24) is 15.0 Å². The van der Waals surface area contributed by atoms with Crippen molar-refractivity contribution >= 4 is 28.4 Å². The van der Waals surface area contributed by atoms with Crippen molar-refractivity contribution in [1.29, 1.82) is 0 Å². The molecule has 0 atom stereocenters. The summed E-state index contributed by atoms with van der Waals surface area (Å²) >= 11 is 0. The van der Waals surface area contributed by atoms with Crippen LogP contribution in [-0.2, 0) is 0 Å². The molecule has 3 N–H and O–H groups in total. The average molecular weight is 335 g/mol. The van der Waals surface area contributed by atoms with E-state index in [0.717, 1.165) is 16.7 Å². The highest BCUT2D eigenvalue weighted by atomic mass is 16.2. The fraction of sp³-hybridized carbons (Fsp3) is 0.316. The van der Waals surface area contributed by atoms with Crippen LogP contribution in [0.5, 0.6) is 0 Å². The molecule has 6 nitrogen and oxygen atoms in total. The van der Waals surface area contributed by atoms with Crippen LogP contribution in [-0.4, -0.2) is 21.0 Å². The molecule has 4 rings (SSSR count). The van der Waals surface area contributed by atoms with Crippen molar-refractivity contribution in [3.63, 3.8) is 0 Å². The zero-order chi connectivity index (χ0) is 17.1. The molecular weight excluding hydrogens is 314 g/mol. The molecule has 25 heavy (non-hydrogen) atoms. The molecule has 0 unspecified atom stereocenters. The van der Waals surface area contributed by atoms with E-state index in [1.807, 2.05) is 24.3 Å². The lowest BCUT2D eigenvalue weighted by atomic mass is 9.87. The molecule has 6 heteroatoms. The first-order valence-corrected chi connectivity index (χ1v) is 8.75. The molecule has 0 aliphatic heterocycles. The van der Waals surface area contributed by atoms with Gasteiger partial charge in [-0.25, -0.2) is 9.78 Å². The second kappa shape index (κ2) is 6.93. The van der Waals surface area contributed by atoms with Gasteiger partial charge in [-0.15, -0.1) is 0 Å². The molecule has 0 bridgehead atoms. The number of fused-ring (bicyclic) bond motifs is 1. The van der Waals surface area contributed by atoms with Crippen molar-refractivity contribution in [2.75, 3.05) is 10.6 Å². The van der Waals surface area contributed by atoms with Crippen LogP contribution in [0.15, 0.2) is 42.9 Å². The molecule has 0 spiro atoms. The molecular formula is C19H21N5O. The number of carbonyl (C=O) groups is 1. The number of carbonyl (C=O) groups excluding carboxylic acids is 1. The number of aromatic nitrogens is 3. The van der Waals surface area contributed by atoms with E-state index in [0.29, 0.717) is 17.3 Å². The number of urea groups is 1. The van der Waals surface area contributed by atoms with E-state index in [4.69, 9.17) is 0 Å². The van der Waals surface area contributed by atoms with Crippen molar-refractivity contribution in [3.8, 4) is 0 Å². The number of amides is 2. The Hall–Kier alpha value is -2.89. The van der Waals surface area contributed by atoms with Gasteiger partial charge in [0, 0.05) is 29.4 Å². The van der Waals surface area contributed by atoms with Crippen LogP contribution < -0.4 is 10.6 Å². The Balaban J connectivity index is 1.40. The number of nitrogens with one attached hydrogen (secondary N) is 3. The fourth-order valence-corrected chi connectivity index (χ4v) is 3.46. The topological polar surface area (TPSA) is 82.7 Å². The van der Waals surface area contributed by atoms with Gasteiger partial charge in [0.15, 0.2) is 0 Å². The largest absolute Gasteiger partial charge is 0.344 e. The summed E-state index contributed by atoms with van der Waals surface area (Å²) in [6, 6.07) is 7.41. The number of nitrogens with zero attached hydrogens (tertiary/aromatic N) is 2. The van der Waals surface area contributed by atoms with Crippen molar-refractivity contribution in [2.45, 2.75) is 38.0 Å². The molecule has 1 saturated carbocycles. The SMILES string of the molecule is O=C(Nc1ccc(C2CCCCC2)nc1)Nc1c[nH]c2ncccc12. The Labute approximate surface area is 146 Å². The van der Waals surface area contributed by atoms with Gasteiger partial charge in [-0.2, -0.15) is 0 Å². The van der Waals surface area contributed by atoms with Crippen LogP contribution in [0.3, 0.4) is 0 Å². The molecule has 3 aromatic heterocycles. The maximum absolute atomic E-state index is 12.2. The lowest BCUT2D eigenvalue weighted by Gasteiger charge is -2.21. The van der Waals surface area contributed by atoms with Gasteiger partial charge < -0.3 is 15.6 Å². The normalized spacial score (nSPS) is 15.2. The van der Waals surface area contributed by atoms with Crippen LogP contribution in [0, 0.1) is 0 Å². The lowest BCUT2D eigenvalue weighted by molar-refractivity contribution is 0.262. The van der Waals surface area contributed by atoms with Crippen LogP contribution in [0.1, 0.15) is 43.7 Å². The zero-order valence-corrected chi connectivity index (χ0v) is 14.0. The Kier molecular flexibility index (Phi) is 4.33. The highest BCUT2D eigenvalue weighted by molar-refractivity contribution is 6.05. The molecule has 1 aliphatic carbocycles. The fourth-order valence-electron chi connectivity index (χ4n) is 3.46. The molecule has 0 saturated heterocycles. The third kappa shape index (κ3) is 3.47. The first-order chi connectivity index (χ1) is 12.3. The Morgan fingerprint density at radius 2 is 1.96 bits per heavy atom. The summed E-state index contributed by atoms with van der Waals surface area (Å²) in [5.74, 6) is 0.565. The number of H-pyrrole nitrogens is 1. The van der Waals surface area contributed by atoms with Crippen LogP contribution >= 0.6 is 0 Å². The Bertz CT molecular complexity index is 865. The van der Waals surface area contributed by atoms with E-state index >= 15 is 0 Å². The molecule has 0 radical (unpaired) electrons. The average Bonchev–Trinajstić information content (AvgIpc) is 3.06. The first-order valence-electron chi connectivity index (χ1n) is 8.75. The number of hydrogen-bond acceptors (Lipinski definition) is 3. The van der Waals surface area contributed by atoms with Gasteiger partial charge in [0.2, 0.25) is 0 Å². The molecule has 3 heterocycles. The van der Waals surface area contributed by atoms with Crippen molar-refractivity contribution in [2.24, 2.45) is 0 Å². The minimum Gasteiger partial charge on any atom is -0.344 e. The van der Waals surface area contributed by atoms with Gasteiger partial charge in [-0.1, -0.05) is 19.3 Å². The predicted molar refractivity (Wildman–Crippen MR) is 98.8 cm³/mol. The van der Waals surface area contributed by atoms with Crippen molar-refractivity contribution < 1.29 is 4.79 Å². The maximum Gasteiger partial charge on any atom is 0.323 e. The molecule has 1 aliphatic rings. The number of pyridine rings is 2. The minimum absolute atomic E-state index is 0.294. The smallest absolute Gasteiger partial charge is 0.323 e. The number of aromatic amines is 1. The monoisotopic (exact) mass is 335 g/mol. The van der Waals surface area contributed by atoms with Gasteiger partial charge in [0.05, 0.1) is 17.6 Å². The van der Waals surface area contributed by atoms with Crippen LogP contribution in [0.2, 0.25) is 0 Å². The zero-order valence-electron chi connectivity index (χ0n) is 14.0. The second-order valence-electron chi connectivity index (χ2n) is 6.49. The Morgan fingerprint density at radius 3 is 2.76 bits per heavy atom. The summed E-state index contributed by atoms with van der Waals surface area (Å²) in [5, 5.41) is 6.55. The third-order valence-corrected chi connectivity index (χ3v) is 4.77. The van der Waals surface area contributed by atoms with Crippen molar-refractivity contribution in [3.05, 3.63) is 48.5 Å². The third-order valence-electron chi connectivity index (χ3n) is 4.77. The van der Waals surface area contributed by atoms with E-state index in [1.165, 1.54) is 32.1 Å². The summed E-state index contributed by atoms with van der Waals surface area (Å²) in [7, 11) is 0. The summed E-state index contributed by atoms with van der Waals surface area (Å²) < 4.78 is 0. The quantitative estimate of drug-likeness (QED) is 0.651. The van der Waals surface area contributed by atoms with Gasteiger partial charge in [0.1, 0.15) is 5.65 Å². The predicted octanol–water partition coefficient (Wildman–Crippen LogP) is 4.65.